The van der Waals surface area contributed by atoms with Gasteiger partial charge in [0.25, 0.3) is 0 Å². The maximum Gasteiger partial charge on any atom is 0.163 e. The van der Waals surface area contributed by atoms with Crippen LogP contribution in [0.15, 0.2) is 30.3 Å². The van der Waals surface area contributed by atoms with E-state index in [1.807, 2.05) is 0 Å². The fraction of sp³-hybridized carbons (Fsp3) is 0.553. The van der Waals surface area contributed by atoms with Crippen molar-refractivity contribution in [3.8, 4) is 0 Å². The maximum atomic E-state index is 13.8. The summed E-state index contributed by atoms with van der Waals surface area (Å²) in [6, 6.07) is 10.9. The van der Waals surface area contributed by atoms with Crippen molar-refractivity contribution in [1.82, 2.24) is 0 Å². The molecule has 0 bridgehead atoms. The number of fused-ring (bicyclic) bond motifs is 2. The van der Waals surface area contributed by atoms with E-state index in [2.05, 4.69) is 84.9 Å². The maximum absolute atomic E-state index is 13.8. The molecule has 0 N–H and O–H groups in total. The summed E-state index contributed by atoms with van der Waals surface area (Å²) in [5.74, 6) is 0.969. The average Bonchev–Trinajstić information content (AvgIpc) is 3.33. The number of carbonyl (C=O) groups excluding carboxylic acids is 3. The first-order valence-corrected chi connectivity index (χ1v) is 16.1. The number of carbonyl (C=O) groups is 3. The Balaban J connectivity index is 0.00000147. The third-order valence-electron chi connectivity index (χ3n) is 8.85. The van der Waals surface area contributed by atoms with Gasteiger partial charge in [-0.3, -0.25) is 14.4 Å². The molecule has 0 amide bonds. The van der Waals surface area contributed by atoms with Crippen molar-refractivity contribution in [1.29, 1.82) is 0 Å². The lowest BCUT2D eigenvalue weighted by Gasteiger charge is -2.33. The van der Waals surface area contributed by atoms with Crippen molar-refractivity contribution in [3.05, 3.63) is 69.3 Å². The summed E-state index contributed by atoms with van der Waals surface area (Å²) in [5.41, 5.74) is 9.76. The predicted octanol–water partition coefficient (Wildman–Crippen LogP) is 9.76. The lowest BCUT2D eigenvalue weighted by molar-refractivity contribution is -0.129. The van der Waals surface area contributed by atoms with Crippen LogP contribution in [0.4, 0.5) is 0 Å². The summed E-state index contributed by atoms with van der Waals surface area (Å²) in [6.45, 7) is 16.6. The Hall–Kier alpha value is -2.81. The zero-order valence-corrected chi connectivity index (χ0v) is 26.9. The molecule has 0 aromatic heterocycles. The minimum atomic E-state index is -0.0973. The molecule has 3 heteroatoms. The number of Topliss-reactive ketones (excluding diaryl/α,β-unsaturated/α-hetero) is 3. The summed E-state index contributed by atoms with van der Waals surface area (Å²) >= 11 is 0. The van der Waals surface area contributed by atoms with Gasteiger partial charge in [0.1, 0.15) is 11.6 Å². The van der Waals surface area contributed by atoms with E-state index in [-0.39, 0.29) is 41.5 Å². The smallest absolute Gasteiger partial charge is 0.163 e. The molecule has 41 heavy (non-hydrogen) atoms. The summed E-state index contributed by atoms with van der Waals surface area (Å²) < 4.78 is 0. The monoisotopic (exact) mass is 556 g/mol. The van der Waals surface area contributed by atoms with Crippen molar-refractivity contribution in [2.75, 3.05) is 0 Å². The zero-order chi connectivity index (χ0) is 30.3. The highest BCUT2D eigenvalue weighted by atomic mass is 16.1. The molecule has 3 unspecified atom stereocenters. The second-order valence-electron chi connectivity index (χ2n) is 12.7. The van der Waals surface area contributed by atoms with Crippen molar-refractivity contribution < 1.29 is 14.4 Å². The largest absolute Gasteiger partial charge is 0.300 e. The molecular formula is C38H52O3. The van der Waals surface area contributed by atoms with Crippen molar-refractivity contribution in [2.24, 2.45) is 17.8 Å². The fourth-order valence-corrected chi connectivity index (χ4v) is 7.13. The lowest BCUT2D eigenvalue weighted by Crippen LogP contribution is -2.30. The van der Waals surface area contributed by atoms with Gasteiger partial charge in [-0.05, 0) is 96.2 Å². The fourth-order valence-electron chi connectivity index (χ4n) is 7.13. The lowest BCUT2D eigenvalue weighted by atomic mass is 9.70. The van der Waals surface area contributed by atoms with Gasteiger partial charge in [0.05, 0.1) is 6.42 Å². The summed E-state index contributed by atoms with van der Waals surface area (Å²) in [6.07, 6.45) is 9.53. The molecule has 2 aliphatic rings. The molecule has 3 nitrogen and oxygen atoms in total. The van der Waals surface area contributed by atoms with E-state index in [0.29, 0.717) is 12.3 Å². The van der Waals surface area contributed by atoms with Crippen LogP contribution in [0.3, 0.4) is 0 Å². The third kappa shape index (κ3) is 7.73. The Morgan fingerprint density at radius 2 is 1.71 bits per heavy atom. The quantitative estimate of drug-likeness (QED) is 0.259. The van der Waals surface area contributed by atoms with E-state index in [1.54, 1.807) is 0 Å². The van der Waals surface area contributed by atoms with Crippen LogP contribution in [0.2, 0.25) is 0 Å². The molecule has 0 radical (unpaired) electrons. The molecule has 2 aromatic rings. The number of allylic oxidation sites excluding steroid dienone is 1. The normalized spacial score (nSPS) is 17.2. The first-order valence-electron chi connectivity index (χ1n) is 16.1. The van der Waals surface area contributed by atoms with Gasteiger partial charge in [0, 0.05) is 17.9 Å². The van der Waals surface area contributed by atoms with E-state index < -0.39 is 0 Å². The summed E-state index contributed by atoms with van der Waals surface area (Å²) in [4.78, 5) is 38.4. The van der Waals surface area contributed by atoms with E-state index >= 15 is 0 Å². The summed E-state index contributed by atoms with van der Waals surface area (Å²) in [7, 11) is 0. The molecule has 0 fully saturated rings. The zero-order valence-electron chi connectivity index (χ0n) is 26.9. The Kier molecular flexibility index (Phi) is 11.9. The Bertz CT molecular complexity index is 1280. The average molecular weight is 557 g/mol. The molecule has 2 aliphatic carbocycles. The van der Waals surface area contributed by atoms with Gasteiger partial charge >= 0.3 is 0 Å². The Morgan fingerprint density at radius 1 is 1.02 bits per heavy atom. The molecule has 222 valence electrons. The van der Waals surface area contributed by atoms with E-state index in [0.717, 1.165) is 49.7 Å². The van der Waals surface area contributed by atoms with Crippen LogP contribution in [0.25, 0.3) is 11.6 Å². The molecule has 2 aromatic carbocycles. The second-order valence-corrected chi connectivity index (χ2v) is 12.7. The molecule has 0 spiro atoms. The topological polar surface area (TPSA) is 51.2 Å². The predicted molar refractivity (Wildman–Crippen MR) is 172 cm³/mol. The molecule has 3 atom stereocenters. The van der Waals surface area contributed by atoms with Crippen molar-refractivity contribution >= 4 is 29.0 Å². The van der Waals surface area contributed by atoms with Crippen molar-refractivity contribution in [3.63, 3.8) is 0 Å². The van der Waals surface area contributed by atoms with Crippen LogP contribution in [0.1, 0.15) is 143 Å². The van der Waals surface area contributed by atoms with Crippen LogP contribution in [-0.2, 0) is 22.4 Å². The molecule has 0 heterocycles. The van der Waals surface area contributed by atoms with Gasteiger partial charge in [-0.2, -0.15) is 0 Å². The number of benzene rings is 2. The Morgan fingerprint density at radius 3 is 2.29 bits per heavy atom. The van der Waals surface area contributed by atoms with Crippen LogP contribution in [0.5, 0.6) is 0 Å². The van der Waals surface area contributed by atoms with Gasteiger partial charge in [-0.1, -0.05) is 97.2 Å². The van der Waals surface area contributed by atoms with E-state index in [4.69, 9.17) is 0 Å². The number of ketones is 3. The number of hydrogen-bond donors (Lipinski definition) is 0. The standard InChI is InChI=1S/C35H44O3.C3H8/c1-7-11-27(29(8-2)33(37)14-22(5)36)15-24-16-32-30(21(3)4)20-31(23(6)35(32)34(38)17-24)28-18-25-12-9-10-13-26(25)19-28;1-3-2/h9-10,12-13,18,20-21,24,27,29H,7-8,11,14-17,19H2,1-6H3;3H2,1-2H3. The molecule has 4 rings (SSSR count). The van der Waals surface area contributed by atoms with Gasteiger partial charge in [0.15, 0.2) is 5.78 Å². The van der Waals surface area contributed by atoms with Gasteiger partial charge in [0.2, 0.25) is 0 Å². The molecular weight excluding hydrogens is 504 g/mol. The minimum Gasteiger partial charge on any atom is -0.300 e. The van der Waals surface area contributed by atoms with Crippen LogP contribution in [0, 0.1) is 24.7 Å². The van der Waals surface area contributed by atoms with E-state index in [9.17, 15) is 14.4 Å². The second kappa shape index (κ2) is 14.9. The van der Waals surface area contributed by atoms with Gasteiger partial charge < -0.3 is 0 Å². The van der Waals surface area contributed by atoms with Crippen LogP contribution >= 0.6 is 0 Å². The number of hydrogen-bond acceptors (Lipinski definition) is 3. The van der Waals surface area contributed by atoms with Gasteiger partial charge in [-0.25, -0.2) is 0 Å². The molecule has 0 aliphatic heterocycles. The van der Waals surface area contributed by atoms with Crippen LogP contribution in [-0.4, -0.2) is 17.3 Å². The molecule has 0 saturated heterocycles. The van der Waals surface area contributed by atoms with Crippen LogP contribution < -0.4 is 0 Å². The SMILES string of the molecule is CCC.CCCC(CC1CC(=O)c2c(C)c(C3=Cc4ccccc4C3)cc(C(C)C)c2C1)C(CC)C(=O)CC(C)=O. The third-order valence-corrected chi connectivity index (χ3v) is 8.85. The highest BCUT2D eigenvalue weighted by molar-refractivity contribution is 6.03. The first kappa shape index (κ1) is 32.7. The van der Waals surface area contributed by atoms with E-state index in [1.165, 1.54) is 46.7 Å². The highest BCUT2D eigenvalue weighted by Crippen LogP contribution is 2.42. The molecule has 0 saturated carbocycles. The minimum absolute atomic E-state index is 0.0321. The number of rotatable bonds is 11. The highest BCUT2D eigenvalue weighted by Gasteiger charge is 2.35. The first-order chi connectivity index (χ1) is 19.6. The Labute approximate surface area is 249 Å². The van der Waals surface area contributed by atoms with Crippen molar-refractivity contribution in [2.45, 2.75) is 119 Å². The summed E-state index contributed by atoms with van der Waals surface area (Å²) in [5, 5.41) is 0. The van der Waals surface area contributed by atoms with Gasteiger partial charge in [-0.15, -0.1) is 0 Å².